The van der Waals surface area contributed by atoms with Crippen molar-refractivity contribution in [3.63, 3.8) is 0 Å². The zero-order chi connectivity index (χ0) is 29.4. The lowest BCUT2D eigenvalue weighted by Gasteiger charge is -2.27. The van der Waals surface area contributed by atoms with Crippen molar-refractivity contribution in [3.05, 3.63) is 123 Å². The molecule has 0 fully saturated rings. The van der Waals surface area contributed by atoms with Gasteiger partial charge in [0.15, 0.2) is 5.43 Å². The number of aryl methyl sites for hydroxylation is 1. The minimum Gasteiger partial charge on any atom is -0.464 e. The molecule has 7 nitrogen and oxygen atoms in total. The summed E-state index contributed by atoms with van der Waals surface area (Å²) in [4.78, 5) is 28.7. The molecule has 1 aromatic heterocycles. The molecule has 0 aliphatic carbocycles. The number of carbonyl (C=O) groups is 1. The van der Waals surface area contributed by atoms with Gasteiger partial charge in [0.05, 0.1) is 30.3 Å². The van der Waals surface area contributed by atoms with E-state index in [1.807, 2.05) is 87.5 Å². The molecule has 4 aromatic rings. The first-order valence-electron chi connectivity index (χ1n) is 13.7. The minimum absolute atomic E-state index is 0.0160. The molecule has 1 heterocycles. The Morgan fingerprint density at radius 2 is 1.63 bits per heavy atom. The van der Waals surface area contributed by atoms with E-state index in [1.165, 1.54) is 21.5 Å². The molecule has 0 aliphatic rings. The van der Waals surface area contributed by atoms with Crippen molar-refractivity contribution >= 4 is 33.0 Å². The highest BCUT2D eigenvalue weighted by atomic mass is 32.2. The zero-order valence-electron chi connectivity index (χ0n) is 23.7. The highest BCUT2D eigenvalue weighted by Crippen LogP contribution is 2.17. The second-order valence-electron chi connectivity index (χ2n) is 10.6. The molecule has 0 radical (unpaired) electrons. The Labute approximate surface area is 241 Å². The Hall–Kier alpha value is -4.01. The lowest BCUT2D eigenvalue weighted by Crippen LogP contribution is -2.43. The van der Waals surface area contributed by atoms with E-state index < -0.39 is 15.9 Å². The van der Waals surface area contributed by atoms with Crippen molar-refractivity contribution in [1.82, 2.24) is 9.21 Å². The van der Waals surface area contributed by atoms with Crippen LogP contribution in [0.15, 0.2) is 99.7 Å². The Kier molecular flexibility index (Phi) is 9.91. The third kappa shape index (κ3) is 8.25. The number of hydrogen-bond donors (Lipinski definition) is 0. The molecule has 0 aliphatic heterocycles. The van der Waals surface area contributed by atoms with Gasteiger partial charge in [-0.2, -0.15) is 4.31 Å². The summed E-state index contributed by atoms with van der Waals surface area (Å²) >= 11 is 0. The van der Waals surface area contributed by atoms with Crippen LogP contribution in [0, 0.1) is 12.8 Å². The number of carbonyl (C=O) groups excluding carboxylic acids is 1. The predicted octanol–water partition coefficient (Wildman–Crippen LogP) is 5.98. The molecule has 0 atom stereocenters. The highest BCUT2D eigenvalue weighted by molar-refractivity contribution is 7.92. The Morgan fingerprint density at radius 1 is 0.951 bits per heavy atom. The van der Waals surface area contributed by atoms with Crippen molar-refractivity contribution < 1.29 is 17.6 Å². The van der Waals surface area contributed by atoms with Crippen LogP contribution in [-0.2, 0) is 27.9 Å². The number of sulfonamides is 1. The second kappa shape index (κ2) is 13.6. The van der Waals surface area contributed by atoms with Crippen LogP contribution in [0.1, 0.15) is 42.5 Å². The largest absolute Gasteiger partial charge is 0.464 e. The van der Waals surface area contributed by atoms with E-state index in [9.17, 15) is 18.0 Å². The Morgan fingerprint density at radius 3 is 2.32 bits per heavy atom. The van der Waals surface area contributed by atoms with Gasteiger partial charge in [0, 0.05) is 18.5 Å². The van der Waals surface area contributed by atoms with Crippen LogP contribution >= 0.6 is 0 Å². The third-order valence-corrected chi connectivity index (χ3v) is 8.30. The topological polar surface area (TPSA) is 87.9 Å². The number of rotatable bonds is 12. The summed E-state index contributed by atoms with van der Waals surface area (Å²) in [5.41, 5.74) is 3.12. The molecule has 0 saturated carbocycles. The molecule has 0 unspecified atom stereocenters. The molecular weight excluding hydrogens is 536 g/mol. The van der Waals surface area contributed by atoms with E-state index in [0.717, 1.165) is 22.1 Å². The van der Waals surface area contributed by atoms with Crippen molar-refractivity contribution in [2.45, 2.75) is 40.3 Å². The summed E-state index contributed by atoms with van der Waals surface area (Å²) in [5, 5.41) is 1.60. The van der Waals surface area contributed by atoms with Crippen LogP contribution in [0.3, 0.4) is 0 Å². The maximum absolute atomic E-state index is 13.8. The van der Waals surface area contributed by atoms with Gasteiger partial charge in [-0.15, -0.1) is 0 Å². The van der Waals surface area contributed by atoms with Crippen LogP contribution in [0.4, 0.5) is 0 Å². The summed E-state index contributed by atoms with van der Waals surface area (Å²) in [6.07, 6.45) is 3.52. The molecule has 3 aromatic carbocycles. The standard InChI is InChI=1S/C33H36N2O5S/c1-25(2)16-18-35(41(38,39)19-17-27-10-6-4-7-11-27)23-32(36)34(21-28-12-8-5-9-13-28)22-29-24-40-31-15-14-26(3)20-30(31)33(29)37/h4-15,17,19-20,24-25H,16,18,21-23H2,1-3H3/b19-17+. The van der Waals surface area contributed by atoms with Gasteiger partial charge >= 0.3 is 0 Å². The third-order valence-electron chi connectivity index (χ3n) is 6.79. The maximum Gasteiger partial charge on any atom is 0.238 e. The fourth-order valence-corrected chi connectivity index (χ4v) is 5.55. The van der Waals surface area contributed by atoms with Gasteiger partial charge in [-0.05, 0) is 48.6 Å². The maximum atomic E-state index is 13.8. The van der Waals surface area contributed by atoms with Crippen molar-refractivity contribution in [2.75, 3.05) is 13.1 Å². The van der Waals surface area contributed by atoms with Crippen LogP contribution in [0.5, 0.6) is 0 Å². The first kappa shape index (κ1) is 30.0. The first-order valence-corrected chi connectivity index (χ1v) is 15.2. The SMILES string of the molecule is Cc1ccc2occ(CN(Cc3ccccc3)C(=O)CN(CCC(C)C)S(=O)(=O)/C=C/c3ccccc3)c(=O)c2c1. The molecule has 1 amide bonds. The van der Waals surface area contributed by atoms with Crippen molar-refractivity contribution in [3.8, 4) is 0 Å². The molecule has 41 heavy (non-hydrogen) atoms. The summed E-state index contributed by atoms with van der Waals surface area (Å²) in [5.74, 6) is -0.162. The van der Waals surface area contributed by atoms with Gasteiger partial charge in [0.25, 0.3) is 0 Å². The summed E-state index contributed by atoms with van der Waals surface area (Å²) in [7, 11) is -3.91. The van der Waals surface area contributed by atoms with E-state index in [-0.39, 0.29) is 37.5 Å². The van der Waals surface area contributed by atoms with Gasteiger partial charge in [-0.25, -0.2) is 8.42 Å². The smallest absolute Gasteiger partial charge is 0.238 e. The second-order valence-corrected chi connectivity index (χ2v) is 12.4. The molecule has 0 bridgehead atoms. The number of nitrogens with zero attached hydrogens (tertiary/aromatic N) is 2. The zero-order valence-corrected chi connectivity index (χ0v) is 24.5. The molecule has 8 heteroatoms. The van der Waals surface area contributed by atoms with Crippen LogP contribution in [-0.4, -0.2) is 36.6 Å². The van der Waals surface area contributed by atoms with Crippen LogP contribution < -0.4 is 5.43 Å². The molecular formula is C33H36N2O5S. The number of amides is 1. The van der Waals surface area contributed by atoms with E-state index in [0.29, 0.717) is 23.0 Å². The average Bonchev–Trinajstić information content (AvgIpc) is 2.96. The fraction of sp³-hybridized carbons (Fsp3) is 0.273. The molecule has 0 saturated heterocycles. The number of hydrogen-bond acceptors (Lipinski definition) is 5. The van der Waals surface area contributed by atoms with E-state index >= 15 is 0 Å². The fourth-order valence-electron chi connectivity index (χ4n) is 4.40. The van der Waals surface area contributed by atoms with Gasteiger partial charge in [-0.1, -0.05) is 86.1 Å². The van der Waals surface area contributed by atoms with E-state index in [2.05, 4.69) is 0 Å². The molecule has 0 N–H and O–H groups in total. The van der Waals surface area contributed by atoms with Crippen LogP contribution in [0.25, 0.3) is 17.0 Å². The van der Waals surface area contributed by atoms with Gasteiger partial charge < -0.3 is 9.32 Å². The lowest BCUT2D eigenvalue weighted by molar-refractivity contribution is -0.132. The van der Waals surface area contributed by atoms with Crippen molar-refractivity contribution in [1.29, 1.82) is 0 Å². The lowest BCUT2D eigenvalue weighted by atomic mass is 10.1. The summed E-state index contributed by atoms with van der Waals surface area (Å²) in [6.45, 7) is 5.96. The van der Waals surface area contributed by atoms with E-state index in [4.69, 9.17) is 4.42 Å². The molecule has 0 spiro atoms. The Balaban J connectivity index is 1.64. The summed E-state index contributed by atoms with van der Waals surface area (Å²) in [6, 6.07) is 24.0. The predicted molar refractivity (Wildman–Crippen MR) is 163 cm³/mol. The minimum atomic E-state index is -3.91. The van der Waals surface area contributed by atoms with Gasteiger partial charge in [0.2, 0.25) is 15.9 Å². The number of benzene rings is 3. The first-order chi connectivity index (χ1) is 19.6. The molecule has 4 rings (SSSR count). The number of fused-ring (bicyclic) bond motifs is 1. The van der Waals surface area contributed by atoms with Gasteiger partial charge in [0.1, 0.15) is 5.58 Å². The van der Waals surface area contributed by atoms with E-state index in [1.54, 1.807) is 12.1 Å². The quantitative estimate of drug-likeness (QED) is 0.208. The highest BCUT2D eigenvalue weighted by Gasteiger charge is 2.26. The Bertz CT molecular complexity index is 1660. The van der Waals surface area contributed by atoms with Crippen LogP contribution in [0.2, 0.25) is 0 Å². The monoisotopic (exact) mass is 572 g/mol. The van der Waals surface area contributed by atoms with Crippen molar-refractivity contribution in [2.24, 2.45) is 5.92 Å². The molecule has 214 valence electrons. The average molecular weight is 573 g/mol. The summed E-state index contributed by atoms with van der Waals surface area (Å²) < 4.78 is 33.8. The normalized spacial score (nSPS) is 12.0. The van der Waals surface area contributed by atoms with Gasteiger partial charge in [-0.3, -0.25) is 9.59 Å².